The highest BCUT2D eigenvalue weighted by atomic mass is 16.5. The first kappa shape index (κ1) is 18.9. The van der Waals surface area contributed by atoms with Gasteiger partial charge in [-0.25, -0.2) is 4.79 Å². The summed E-state index contributed by atoms with van der Waals surface area (Å²) in [4.78, 5) is 13.1. The molecule has 3 rings (SSSR count). The standard InChI is InChI=1S/C19H27NO6/c1-24-15-5-4-14(11-16(15)25-13-18(22)23)12-20-8-6-19(7-9-20)17(21)3-2-10-26-19/h4-5,11,17,21H,2-3,6-10,12-13H2,1H3,(H,22,23)/t17-/m1/s1. The molecule has 2 saturated heterocycles. The van der Waals surface area contributed by atoms with Gasteiger partial charge in [-0.2, -0.15) is 0 Å². The largest absolute Gasteiger partial charge is 0.493 e. The second-order valence-electron chi connectivity index (χ2n) is 7.02. The number of carboxylic acid groups (broad SMARTS) is 1. The second-order valence-corrected chi connectivity index (χ2v) is 7.02. The Hall–Kier alpha value is -1.83. The number of carbonyl (C=O) groups is 1. The molecule has 2 heterocycles. The van der Waals surface area contributed by atoms with Crippen molar-refractivity contribution in [2.45, 2.75) is 43.9 Å². The van der Waals surface area contributed by atoms with Crippen LogP contribution in [0.4, 0.5) is 0 Å². The number of benzene rings is 1. The molecule has 144 valence electrons. The lowest BCUT2D eigenvalue weighted by Crippen LogP contribution is -2.55. The number of likely N-dealkylation sites (tertiary alicyclic amines) is 1. The van der Waals surface area contributed by atoms with Crippen molar-refractivity contribution in [3.05, 3.63) is 23.8 Å². The van der Waals surface area contributed by atoms with Crippen molar-refractivity contribution in [3.63, 3.8) is 0 Å². The van der Waals surface area contributed by atoms with Gasteiger partial charge < -0.3 is 24.4 Å². The summed E-state index contributed by atoms with van der Waals surface area (Å²) in [6, 6.07) is 5.59. The van der Waals surface area contributed by atoms with Crippen molar-refractivity contribution < 1.29 is 29.2 Å². The van der Waals surface area contributed by atoms with Crippen LogP contribution in [0.1, 0.15) is 31.2 Å². The van der Waals surface area contributed by atoms with Crippen LogP contribution in [0.5, 0.6) is 11.5 Å². The van der Waals surface area contributed by atoms with E-state index in [1.165, 1.54) is 7.11 Å². The molecule has 2 aliphatic rings. The number of aliphatic carboxylic acids is 1. The molecule has 26 heavy (non-hydrogen) atoms. The van der Waals surface area contributed by atoms with Crippen LogP contribution in [-0.2, 0) is 16.1 Å². The Balaban J connectivity index is 1.61. The van der Waals surface area contributed by atoms with Gasteiger partial charge in [-0.15, -0.1) is 0 Å². The Morgan fingerprint density at radius 2 is 2.12 bits per heavy atom. The maximum Gasteiger partial charge on any atom is 0.341 e. The molecule has 0 bridgehead atoms. The first-order chi connectivity index (χ1) is 12.5. The summed E-state index contributed by atoms with van der Waals surface area (Å²) in [5, 5.41) is 19.1. The third-order valence-corrected chi connectivity index (χ3v) is 5.31. The van der Waals surface area contributed by atoms with Crippen molar-refractivity contribution in [3.8, 4) is 11.5 Å². The number of nitrogens with zero attached hydrogens (tertiary/aromatic N) is 1. The summed E-state index contributed by atoms with van der Waals surface area (Å²) >= 11 is 0. The second kappa shape index (κ2) is 8.24. The first-order valence-corrected chi connectivity index (χ1v) is 9.08. The lowest BCUT2D eigenvalue weighted by Gasteiger charge is -2.46. The molecule has 2 N–H and O–H groups in total. The number of aliphatic hydroxyl groups is 1. The molecule has 0 radical (unpaired) electrons. The number of carboxylic acids is 1. The summed E-state index contributed by atoms with van der Waals surface area (Å²) in [5.41, 5.74) is 0.664. The zero-order chi connectivity index (χ0) is 18.6. The minimum absolute atomic E-state index is 0.365. The van der Waals surface area contributed by atoms with Gasteiger partial charge in [0.1, 0.15) is 0 Å². The molecule has 0 saturated carbocycles. The van der Waals surface area contributed by atoms with Gasteiger partial charge in [0.15, 0.2) is 18.1 Å². The zero-order valence-corrected chi connectivity index (χ0v) is 15.1. The van der Waals surface area contributed by atoms with Crippen molar-refractivity contribution in [2.75, 3.05) is 33.4 Å². The SMILES string of the molecule is COc1ccc(CN2CCC3(CC2)OCCC[C@H]3O)cc1OCC(=O)O. The molecular formula is C19H27NO6. The molecule has 1 aromatic rings. The van der Waals surface area contributed by atoms with E-state index in [1.54, 1.807) is 6.07 Å². The van der Waals surface area contributed by atoms with Crippen LogP contribution in [0.25, 0.3) is 0 Å². The minimum Gasteiger partial charge on any atom is -0.493 e. The van der Waals surface area contributed by atoms with Crippen LogP contribution in [0.2, 0.25) is 0 Å². The van der Waals surface area contributed by atoms with E-state index >= 15 is 0 Å². The summed E-state index contributed by atoms with van der Waals surface area (Å²) in [6.07, 6.45) is 3.04. The Morgan fingerprint density at radius 3 is 2.77 bits per heavy atom. The van der Waals surface area contributed by atoms with Crippen molar-refractivity contribution in [2.24, 2.45) is 0 Å². The van der Waals surface area contributed by atoms with E-state index in [0.29, 0.717) is 11.5 Å². The smallest absolute Gasteiger partial charge is 0.341 e. The van der Waals surface area contributed by atoms with E-state index in [1.807, 2.05) is 12.1 Å². The van der Waals surface area contributed by atoms with E-state index in [-0.39, 0.29) is 11.7 Å². The number of aliphatic hydroxyl groups excluding tert-OH is 1. The predicted molar refractivity (Wildman–Crippen MR) is 94.6 cm³/mol. The van der Waals surface area contributed by atoms with Crippen LogP contribution in [0, 0.1) is 0 Å². The fourth-order valence-electron chi connectivity index (χ4n) is 3.81. The lowest BCUT2D eigenvalue weighted by atomic mass is 9.82. The number of piperidine rings is 1. The quantitative estimate of drug-likeness (QED) is 0.793. The van der Waals surface area contributed by atoms with Gasteiger partial charge in [0, 0.05) is 26.2 Å². The highest BCUT2D eigenvalue weighted by Crippen LogP contribution is 2.36. The monoisotopic (exact) mass is 365 g/mol. The molecule has 7 nitrogen and oxygen atoms in total. The fourth-order valence-corrected chi connectivity index (χ4v) is 3.81. The average Bonchev–Trinajstić information content (AvgIpc) is 2.64. The molecule has 0 amide bonds. The highest BCUT2D eigenvalue weighted by molar-refractivity contribution is 5.68. The highest BCUT2D eigenvalue weighted by Gasteiger charge is 2.43. The van der Waals surface area contributed by atoms with Gasteiger partial charge in [0.25, 0.3) is 0 Å². The molecule has 2 aliphatic heterocycles. The Bertz CT molecular complexity index is 626. The zero-order valence-electron chi connectivity index (χ0n) is 15.1. The summed E-state index contributed by atoms with van der Waals surface area (Å²) in [5.74, 6) is -0.0666. The Kier molecular flexibility index (Phi) is 6.01. The molecule has 1 atom stereocenters. The van der Waals surface area contributed by atoms with E-state index < -0.39 is 12.6 Å². The van der Waals surface area contributed by atoms with Crippen LogP contribution < -0.4 is 9.47 Å². The fraction of sp³-hybridized carbons (Fsp3) is 0.632. The van der Waals surface area contributed by atoms with Crippen molar-refractivity contribution in [1.82, 2.24) is 4.90 Å². The van der Waals surface area contributed by atoms with Crippen LogP contribution in [0.15, 0.2) is 18.2 Å². The van der Waals surface area contributed by atoms with Gasteiger partial charge >= 0.3 is 5.97 Å². The van der Waals surface area contributed by atoms with Crippen LogP contribution >= 0.6 is 0 Å². The summed E-state index contributed by atoms with van der Waals surface area (Å²) < 4.78 is 16.5. The van der Waals surface area contributed by atoms with Crippen molar-refractivity contribution >= 4 is 5.97 Å². The lowest BCUT2D eigenvalue weighted by molar-refractivity contribution is -0.177. The van der Waals surface area contributed by atoms with Crippen molar-refractivity contribution in [1.29, 1.82) is 0 Å². The maximum absolute atomic E-state index is 10.7. The first-order valence-electron chi connectivity index (χ1n) is 9.08. The van der Waals surface area contributed by atoms with Gasteiger partial charge in [0.05, 0.1) is 18.8 Å². The topological polar surface area (TPSA) is 88.5 Å². The summed E-state index contributed by atoms with van der Waals surface area (Å²) in [6.45, 7) is 2.78. The molecular weight excluding hydrogens is 338 g/mol. The third kappa shape index (κ3) is 4.28. The molecule has 1 spiro atoms. The Morgan fingerprint density at radius 1 is 1.35 bits per heavy atom. The average molecular weight is 365 g/mol. The minimum atomic E-state index is -1.02. The van der Waals surface area contributed by atoms with E-state index in [4.69, 9.17) is 19.3 Å². The normalized spacial score (nSPS) is 22.9. The van der Waals surface area contributed by atoms with Gasteiger partial charge in [-0.3, -0.25) is 4.90 Å². The maximum atomic E-state index is 10.7. The number of hydrogen-bond acceptors (Lipinski definition) is 6. The number of hydrogen-bond donors (Lipinski definition) is 2. The van der Waals surface area contributed by atoms with E-state index in [2.05, 4.69) is 4.90 Å². The number of methoxy groups -OCH3 is 1. The third-order valence-electron chi connectivity index (χ3n) is 5.31. The van der Waals surface area contributed by atoms with Gasteiger partial charge in [-0.1, -0.05) is 6.07 Å². The van der Waals surface area contributed by atoms with Gasteiger partial charge in [-0.05, 0) is 43.4 Å². The number of ether oxygens (including phenoxy) is 3. The molecule has 0 aromatic heterocycles. The molecule has 7 heteroatoms. The molecule has 0 unspecified atom stereocenters. The molecule has 2 fully saturated rings. The number of rotatable bonds is 6. The van der Waals surface area contributed by atoms with Gasteiger partial charge in [0.2, 0.25) is 0 Å². The van der Waals surface area contributed by atoms with E-state index in [0.717, 1.165) is 57.5 Å². The molecule has 0 aliphatic carbocycles. The van der Waals surface area contributed by atoms with Crippen LogP contribution in [-0.4, -0.2) is 66.2 Å². The predicted octanol–water partition coefficient (Wildman–Crippen LogP) is 1.66. The Labute approximate surface area is 153 Å². The van der Waals surface area contributed by atoms with Crippen LogP contribution in [0.3, 0.4) is 0 Å². The molecule has 1 aromatic carbocycles. The summed E-state index contributed by atoms with van der Waals surface area (Å²) in [7, 11) is 1.53. The van der Waals surface area contributed by atoms with E-state index in [9.17, 15) is 9.90 Å².